The first-order chi connectivity index (χ1) is 10.6. The van der Waals surface area contributed by atoms with Gasteiger partial charge in [0.15, 0.2) is 5.09 Å². The molecular formula is C20H26OS. The Morgan fingerprint density at radius 3 is 2.73 bits per heavy atom. The smallest absolute Gasteiger partial charge is 0.156 e. The highest BCUT2D eigenvalue weighted by Gasteiger charge is 2.42. The summed E-state index contributed by atoms with van der Waals surface area (Å²) in [7, 11) is 1.81. The van der Waals surface area contributed by atoms with Gasteiger partial charge in [-0.25, -0.2) is 0 Å². The Morgan fingerprint density at radius 2 is 2.00 bits per heavy atom. The molecule has 0 saturated heterocycles. The van der Waals surface area contributed by atoms with Crippen molar-refractivity contribution in [3.05, 3.63) is 53.1 Å². The van der Waals surface area contributed by atoms with Gasteiger partial charge in [-0.3, -0.25) is 0 Å². The van der Waals surface area contributed by atoms with Crippen molar-refractivity contribution in [3.63, 3.8) is 0 Å². The molecule has 2 heteroatoms. The summed E-state index contributed by atoms with van der Waals surface area (Å²) in [4.78, 5) is 1.25. The van der Waals surface area contributed by atoms with E-state index in [1.807, 2.05) is 7.11 Å². The van der Waals surface area contributed by atoms with Gasteiger partial charge in [-0.15, -0.1) is 0 Å². The largest absolute Gasteiger partial charge is 0.490 e. The molecule has 118 valence electrons. The van der Waals surface area contributed by atoms with E-state index < -0.39 is 0 Å². The maximum absolute atomic E-state index is 5.75. The van der Waals surface area contributed by atoms with E-state index in [1.54, 1.807) is 11.8 Å². The quantitative estimate of drug-likeness (QED) is 0.374. The topological polar surface area (TPSA) is 9.23 Å². The van der Waals surface area contributed by atoms with Crippen LogP contribution in [0.3, 0.4) is 0 Å². The minimum absolute atomic E-state index is 0.467. The SMILES string of the molecule is C=C1CCC[C@@]2(C)CC/C(=C(/OC)Sc3ccccc3)C[C@H]12. The summed E-state index contributed by atoms with van der Waals surface area (Å²) in [6, 6.07) is 10.5. The number of hydrogen-bond donors (Lipinski definition) is 0. The average molecular weight is 314 g/mol. The van der Waals surface area contributed by atoms with E-state index in [1.165, 1.54) is 48.1 Å². The molecule has 1 aromatic rings. The van der Waals surface area contributed by atoms with Crippen LogP contribution in [-0.4, -0.2) is 7.11 Å². The lowest BCUT2D eigenvalue weighted by Crippen LogP contribution is -2.36. The maximum atomic E-state index is 5.75. The van der Waals surface area contributed by atoms with Crippen molar-refractivity contribution < 1.29 is 4.74 Å². The summed E-state index contributed by atoms with van der Waals surface area (Å²) < 4.78 is 5.75. The first-order valence-corrected chi connectivity index (χ1v) is 9.10. The minimum Gasteiger partial charge on any atom is -0.490 e. The second kappa shape index (κ2) is 6.54. The third kappa shape index (κ3) is 3.12. The van der Waals surface area contributed by atoms with Gasteiger partial charge in [0.2, 0.25) is 0 Å². The molecule has 0 heterocycles. The molecule has 2 fully saturated rings. The van der Waals surface area contributed by atoms with Crippen molar-refractivity contribution >= 4 is 11.8 Å². The van der Waals surface area contributed by atoms with Crippen LogP contribution in [0.5, 0.6) is 0 Å². The van der Waals surface area contributed by atoms with Gasteiger partial charge in [0, 0.05) is 4.90 Å². The van der Waals surface area contributed by atoms with Crippen LogP contribution in [0.4, 0.5) is 0 Å². The molecule has 2 atom stereocenters. The van der Waals surface area contributed by atoms with Gasteiger partial charge < -0.3 is 4.74 Å². The summed E-state index contributed by atoms with van der Waals surface area (Å²) in [6.45, 7) is 6.84. The molecule has 0 bridgehead atoms. The first kappa shape index (κ1) is 15.7. The summed E-state index contributed by atoms with van der Waals surface area (Å²) in [5.74, 6) is 0.645. The first-order valence-electron chi connectivity index (χ1n) is 8.29. The van der Waals surface area contributed by atoms with Gasteiger partial charge in [0.05, 0.1) is 7.11 Å². The van der Waals surface area contributed by atoms with Gasteiger partial charge in [-0.1, -0.05) is 49.0 Å². The van der Waals surface area contributed by atoms with Crippen molar-refractivity contribution in [2.75, 3.05) is 7.11 Å². The third-order valence-corrected chi connectivity index (χ3v) is 6.60. The molecule has 2 saturated carbocycles. The minimum atomic E-state index is 0.467. The normalized spacial score (nSPS) is 30.6. The molecule has 0 radical (unpaired) electrons. The Bertz CT molecular complexity index is 575. The van der Waals surface area contributed by atoms with Crippen molar-refractivity contribution in [1.82, 2.24) is 0 Å². The molecule has 1 nitrogen and oxygen atoms in total. The number of hydrogen-bond acceptors (Lipinski definition) is 2. The molecule has 0 spiro atoms. The number of fused-ring (bicyclic) bond motifs is 1. The number of methoxy groups -OCH3 is 1. The fourth-order valence-electron chi connectivity index (χ4n) is 4.07. The standard InChI is InChI=1S/C20H26OS/c1-15-8-7-12-20(2)13-11-16(14-18(15)20)19(21-3)22-17-9-5-4-6-10-17/h4-6,9-10,18H,1,7-8,11-14H2,2-3H3/b19-16+/t18-,20+/m1/s1. The second-order valence-corrected chi connectivity index (χ2v) is 7.98. The van der Waals surface area contributed by atoms with E-state index >= 15 is 0 Å². The zero-order chi connectivity index (χ0) is 15.6. The van der Waals surface area contributed by atoms with Gasteiger partial charge >= 0.3 is 0 Å². The fourth-order valence-corrected chi connectivity index (χ4v) is 4.99. The van der Waals surface area contributed by atoms with Crippen molar-refractivity contribution in [1.29, 1.82) is 0 Å². The van der Waals surface area contributed by atoms with Crippen LogP contribution in [0.15, 0.2) is 58.0 Å². The second-order valence-electron chi connectivity index (χ2n) is 6.93. The van der Waals surface area contributed by atoms with Gasteiger partial charge in [-0.2, -0.15) is 0 Å². The number of benzene rings is 1. The van der Waals surface area contributed by atoms with Crippen LogP contribution in [0.1, 0.15) is 45.4 Å². The highest BCUT2D eigenvalue weighted by atomic mass is 32.2. The Kier molecular flexibility index (Phi) is 4.67. The summed E-state index contributed by atoms with van der Waals surface area (Å²) in [6.07, 6.45) is 7.47. The summed E-state index contributed by atoms with van der Waals surface area (Å²) in [5.41, 5.74) is 3.42. The Hall–Kier alpha value is -1.15. The van der Waals surface area contributed by atoms with Crippen LogP contribution >= 0.6 is 11.8 Å². The molecule has 0 aromatic heterocycles. The highest BCUT2D eigenvalue weighted by molar-refractivity contribution is 8.03. The number of thioether (sulfide) groups is 1. The number of rotatable bonds is 3. The third-order valence-electron chi connectivity index (χ3n) is 5.46. The van der Waals surface area contributed by atoms with E-state index in [2.05, 4.69) is 43.8 Å². The van der Waals surface area contributed by atoms with Crippen LogP contribution in [0, 0.1) is 11.3 Å². The van der Waals surface area contributed by atoms with Gasteiger partial charge in [-0.05, 0) is 67.6 Å². The maximum Gasteiger partial charge on any atom is 0.156 e. The highest BCUT2D eigenvalue weighted by Crippen LogP contribution is 2.54. The Labute approximate surface area is 138 Å². The molecule has 0 N–H and O–H groups in total. The monoisotopic (exact) mass is 314 g/mol. The molecule has 1 aromatic carbocycles. The van der Waals surface area contributed by atoms with Crippen LogP contribution in [-0.2, 0) is 4.74 Å². The molecular weight excluding hydrogens is 288 g/mol. The average Bonchev–Trinajstić information content (AvgIpc) is 2.53. The van der Waals surface area contributed by atoms with Crippen LogP contribution < -0.4 is 0 Å². The van der Waals surface area contributed by atoms with Gasteiger partial charge in [0.25, 0.3) is 0 Å². The molecule has 2 aliphatic carbocycles. The Balaban J connectivity index is 1.82. The zero-order valence-electron chi connectivity index (χ0n) is 13.7. The Morgan fingerprint density at radius 1 is 1.23 bits per heavy atom. The number of allylic oxidation sites excluding steroid dienone is 2. The zero-order valence-corrected chi connectivity index (χ0v) is 14.5. The lowest BCUT2D eigenvalue weighted by molar-refractivity contribution is 0.125. The molecule has 3 rings (SSSR count). The van der Waals surface area contributed by atoms with E-state index in [-0.39, 0.29) is 0 Å². The van der Waals surface area contributed by atoms with E-state index in [0.717, 1.165) is 11.5 Å². The van der Waals surface area contributed by atoms with Gasteiger partial charge in [0.1, 0.15) is 0 Å². The van der Waals surface area contributed by atoms with Crippen molar-refractivity contribution in [2.45, 2.75) is 50.3 Å². The van der Waals surface area contributed by atoms with Crippen molar-refractivity contribution in [3.8, 4) is 0 Å². The van der Waals surface area contributed by atoms with E-state index in [0.29, 0.717) is 11.3 Å². The summed E-state index contributed by atoms with van der Waals surface area (Å²) >= 11 is 1.76. The lowest BCUT2D eigenvalue weighted by Gasteiger charge is -2.47. The molecule has 2 aliphatic rings. The molecule has 0 aliphatic heterocycles. The van der Waals surface area contributed by atoms with E-state index in [4.69, 9.17) is 4.74 Å². The lowest BCUT2D eigenvalue weighted by atomic mass is 9.58. The number of ether oxygens (including phenoxy) is 1. The summed E-state index contributed by atoms with van der Waals surface area (Å²) in [5, 5.41) is 1.10. The van der Waals surface area contributed by atoms with Crippen molar-refractivity contribution in [2.24, 2.45) is 11.3 Å². The molecule has 0 unspecified atom stereocenters. The predicted molar refractivity (Wildman–Crippen MR) is 94.8 cm³/mol. The van der Waals surface area contributed by atoms with Crippen LogP contribution in [0.2, 0.25) is 0 Å². The predicted octanol–water partition coefficient (Wildman–Crippen LogP) is 6.18. The molecule has 22 heavy (non-hydrogen) atoms. The molecule has 0 amide bonds. The fraction of sp³-hybridized carbons (Fsp3) is 0.500. The van der Waals surface area contributed by atoms with Crippen LogP contribution in [0.25, 0.3) is 0 Å². The van der Waals surface area contributed by atoms with E-state index in [9.17, 15) is 0 Å².